The molecule has 3 nitrogen and oxygen atoms in total. The van der Waals surface area contributed by atoms with Gasteiger partial charge in [-0.1, -0.05) is 32.9 Å². The third-order valence-corrected chi connectivity index (χ3v) is 2.74. The first-order valence-corrected chi connectivity index (χ1v) is 6.71. The van der Waals surface area contributed by atoms with Crippen LogP contribution in [0.5, 0.6) is 0 Å². The lowest BCUT2D eigenvalue weighted by Crippen LogP contribution is -2.14. The van der Waals surface area contributed by atoms with Gasteiger partial charge in [0, 0.05) is 18.7 Å². The molecule has 0 aliphatic heterocycles. The highest BCUT2D eigenvalue weighted by Crippen LogP contribution is 2.12. The van der Waals surface area contributed by atoms with Crippen molar-refractivity contribution in [2.24, 2.45) is 5.92 Å². The Morgan fingerprint density at radius 3 is 2.78 bits per heavy atom. The zero-order chi connectivity index (χ0) is 13.4. The number of nitrogens with one attached hydrogen (secondary N) is 2. The smallest absolute Gasteiger partial charge is 0.224 e. The normalized spacial score (nSPS) is 10.7. The van der Waals surface area contributed by atoms with Crippen LogP contribution in [-0.2, 0) is 11.3 Å². The molecule has 3 heteroatoms. The number of rotatable bonds is 7. The number of carbonyl (C=O) groups is 1. The first-order valence-electron chi connectivity index (χ1n) is 6.71. The van der Waals surface area contributed by atoms with Crippen molar-refractivity contribution in [1.29, 1.82) is 0 Å². The fourth-order valence-corrected chi connectivity index (χ4v) is 1.67. The van der Waals surface area contributed by atoms with Gasteiger partial charge in [-0.2, -0.15) is 0 Å². The molecule has 1 aromatic rings. The Bertz CT molecular complexity index is 375. The summed E-state index contributed by atoms with van der Waals surface area (Å²) in [7, 11) is 0. The van der Waals surface area contributed by atoms with Crippen LogP contribution in [0.15, 0.2) is 24.3 Å². The van der Waals surface area contributed by atoms with Gasteiger partial charge in [0.05, 0.1) is 0 Å². The van der Waals surface area contributed by atoms with Gasteiger partial charge in [0.15, 0.2) is 0 Å². The highest BCUT2D eigenvalue weighted by molar-refractivity contribution is 5.90. The molecular formula is C15H24N2O. The average Bonchev–Trinajstić information content (AvgIpc) is 2.34. The van der Waals surface area contributed by atoms with E-state index >= 15 is 0 Å². The summed E-state index contributed by atoms with van der Waals surface area (Å²) < 4.78 is 0. The second kappa shape index (κ2) is 7.88. The minimum Gasteiger partial charge on any atom is -0.326 e. The Morgan fingerprint density at radius 1 is 1.33 bits per heavy atom. The van der Waals surface area contributed by atoms with Crippen LogP contribution in [0.25, 0.3) is 0 Å². The molecule has 0 saturated heterocycles. The minimum atomic E-state index is 0.101. The molecule has 1 amide bonds. The van der Waals surface area contributed by atoms with Gasteiger partial charge in [0.2, 0.25) is 5.91 Å². The van der Waals surface area contributed by atoms with E-state index < -0.39 is 0 Å². The summed E-state index contributed by atoms with van der Waals surface area (Å²) in [5.74, 6) is 0.667. The van der Waals surface area contributed by atoms with E-state index in [4.69, 9.17) is 0 Å². The van der Waals surface area contributed by atoms with E-state index in [2.05, 4.69) is 37.5 Å². The van der Waals surface area contributed by atoms with Crippen LogP contribution >= 0.6 is 0 Å². The summed E-state index contributed by atoms with van der Waals surface area (Å²) in [6.07, 6.45) is 1.53. The maximum absolute atomic E-state index is 11.7. The molecule has 2 N–H and O–H groups in total. The monoisotopic (exact) mass is 248 g/mol. The lowest BCUT2D eigenvalue weighted by molar-refractivity contribution is -0.116. The molecule has 0 atom stereocenters. The van der Waals surface area contributed by atoms with Crippen molar-refractivity contribution in [1.82, 2.24) is 5.32 Å². The van der Waals surface area contributed by atoms with E-state index in [1.54, 1.807) is 0 Å². The van der Waals surface area contributed by atoms with Gasteiger partial charge in [-0.05, 0) is 36.6 Å². The number of benzene rings is 1. The van der Waals surface area contributed by atoms with E-state index in [9.17, 15) is 4.79 Å². The topological polar surface area (TPSA) is 41.1 Å². The number of anilines is 1. The summed E-state index contributed by atoms with van der Waals surface area (Å²) in [6, 6.07) is 8.00. The fraction of sp³-hybridized carbons (Fsp3) is 0.533. The Labute approximate surface area is 110 Å². The Balaban J connectivity index is 2.48. The van der Waals surface area contributed by atoms with Gasteiger partial charge < -0.3 is 10.6 Å². The van der Waals surface area contributed by atoms with E-state index in [0.717, 1.165) is 25.2 Å². The lowest BCUT2D eigenvalue weighted by Gasteiger charge is -2.08. The fourth-order valence-electron chi connectivity index (χ4n) is 1.67. The maximum atomic E-state index is 11.7. The van der Waals surface area contributed by atoms with Crippen LogP contribution in [-0.4, -0.2) is 12.5 Å². The number of hydrogen-bond donors (Lipinski definition) is 2. The zero-order valence-corrected chi connectivity index (χ0v) is 11.6. The molecule has 1 rings (SSSR count). The third-order valence-electron chi connectivity index (χ3n) is 2.74. The highest BCUT2D eigenvalue weighted by atomic mass is 16.1. The first-order chi connectivity index (χ1) is 8.61. The largest absolute Gasteiger partial charge is 0.326 e. The molecule has 0 aliphatic carbocycles. The maximum Gasteiger partial charge on any atom is 0.224 e. The predicted octanol–water partition coefficient (Wildman–Crippen LogP) is 3.17. The summed E-state index contributed by atoms with van der Waals surface area (Å²) >= 11 is 0. The van der Waals surface area contributed by atoms with Crippen LogP contribution in [0.1, 0.15) is 39.2 Å². The predicted molar refractivity (Wildman–Crippen MR) is 76.5 cm³/mol. The molecule has 0 spiro atoms. The molecule has 0 heterocycles. The van der Waals surface area contributed by atoms with Crippen LogP contribution in [0, 0.1) is 5.92 Å². The van der Waals surface area contributed by atoms with Gasteiger partial charge in [0.1, 0.15) is 0 Å². The second-order valence-electron chi connectivity index (χ2n) is 4.96. The van der Waals surface area contributed by atoms with Gasteiger partial charge >= 0.3 is 0 Å². The second-order valence-corrected chi connectivity index (χ2v) is 4.96. The molecule has 0 saturated carbocycles. The van der Waals surface area contributed by atoms with Crippen molar-refractivity contribution >= 4 is 11.6 Å². The minimum absolute atomic E-state index is 0.101. The third kappa shape index (κ3) is 5.82. The number of amides is 1. The van der Waals surface area contributed by atoms with E-state index in [1.165, 1.54) is 5.56 Å². The molecule has 0 bridgehead atoms. The van der Waals surface area contributed by atoms with Crippen LogP contribution in [0.3, 0.4) is 0 Å². The molecule has 0 radical (unpaired) electrons. The van der Waals surface area contributed by atoms with Crippen molar-refractivity contribution < 1.29 is 4.79 Å². The van der Waals surface area contributed by atoms with Gasteiger partial charge in [-0.25, -0.2) is 0 Å². The summed E-state index contributed by atoms with van der Waals surface area (Å²) in [6.45, 7) is 8.13. The van der Waals surface area contributed by atoms with Crippen LogP contribution < -0.4 is 10.6 Å². The quantitative estimate of drug-likeness (QED) is 0.778. The van der Waals surface area contributed by atoms with E-state index in [-0.39, 0.29) is 5.91 Å². The molecule has 100 valence electrons. The summed E-state index contributed by atoms with van der Waals surface area (Å²) in [4.78, 5) is 11.7. The van der Waals surface area contributed by atoms with Crippen molar-refractivity contribution in [3.8, 4) is 0 Å². The SMILES string of the molecule is CCNCc1cccc(NC(=O)CCC(C)C)c1. The Hall–Kier alpha value is -1.35. The van der Waals surface area contributed by atoms with Gasteiger partial charge in [0.25, 0.3) is 0 Å². The molecule has 0 unspecified atom stereocenters. The number of carbonyl (C=O) groups excluding carboxylic acids is 1. The lowest BCUT2D eigenvalue weighted by atomic mass is 10.1. The Kier molecular flexibility index (Phi) is 6.44. The molecule has 0 aliphatic rings. The van der Waals surface area contributed by atoms with E-state index in [0.29, 0.717) is 12.3 Å². The van der Waals surface area contributed by atoms with E-state index in [1.807, 2.05) is 18.2 Å². The number of hydrogen-bond acceptors (Lipinski definition) is 2. The van der Waals surface area contributed by atoms with Gasteiger partial charge in [-0.3, -0.25) is 4.79 Å². The molecular weight excluding hydrogens is 224 g/mol. The standard InChI is InChI=1S/C15H24N2O/c1-4-16-11-13-6-5-7-14(10-13)17-15(18)9-8-12(2)3/h5-7,10,12,16H,4,8-9,11H2,1-3H3,(H,17,18). The molecule has 1 aromatic carbocycles. The highest BCUT2D eigenvalue weighted by Gasteiger charge is 2.04. The average molecular weight is 248 g/mol. The summed E-state index contributed by atoms with van der Waals surface area (Å²) in [5, 5.41) is 6.22. The Morgan fingerprint density at radius 2 is 2.11 bits per heavy atom. The molecule has 0 aromatic heterocycles. The van der Waals surface area contributed by atoms with Crippen LogP contribution in [0.2, 0.25) is 0 Å². The summed E-state index contributed by atoms with van der Waals surface area (Å²) in [5.41, 5.74) is 2.08. The van der Waals surface area contributed by atoms with Crippen molar-refractivity contribution in [2.45, 2.75) is 40.2 Å². The van der Waals surface area contributed by atoms with Crippen molar-refractivity contribution in [2.75, 3.05) is 11.9 Å². The molecule has 0 fully saturated rings. The van der Waals surface area contributed by atoms with Crippen LogP contribution in [0.4, 0.5) is 5.69 Å². The van der Waals surface area contributed by atoms with Gasteiger partial charge in [-0.15, -0.1) is 0 Å². The zero-order valence-electron chi connectivity index (χ0n) is 11.6. The van der Waals surface area contributed by atoms with Crippen molar-refractivity contribution in [3.63, 3.8) is 0 Å². The molecule has 18 heavy (non-hydrogen) atoms. The first kappa shape index (κ1) is 14.7. The van der Waals surface area contributed by atoms with Crippen molar-refractivity contribution in [3.05, 3.63) is 29.8 Å².